The molecule has 2 rings (SSSR count). The van der Waals surface area contributed by atoms with Gasteiger partial charge in [-0.1, -0.05) is 0 Å². The zero-order valence-electron chi connectivity index (χ0n) is 8.27. The molecule has 0 spiro atoms. The molecular weight excluding hydrogens is 164 g/mol. The second-order valence-corrected chi connectivity index (χ2v) is 3.40. The number of nitrogens with one attached hydrogen (secondary N) is 1. The summed E-state index contributed by atoms with van der Waals surface area (Å²) >= 11 is 0. The normalized spacial score (nSPS) is 14.4. The van der Waals surface area contributed by atoms with E-state index in [9.17, 15) is 0 Å². The first-order chi connectivity index (χ1) is 6.24. The van der Waals surface area contributed by atoms with Gasteiger partial charge in [0.15, 0.2) is 0 Å². The third-order valence-corrected chi connectivity index (χ3v) is 2.71. The van der Waals surface area contributed by atoms with E-state index in [2.05, 4.69) is 24.1 Å². The monoisotopic (exact) mass is 178 g/mol. The number of nitrogens with zero attached hydrogens (tertiary/aromatic N) is 1. The molecule has 0 saturated carbocycles. The van der Waals surface area contributed by atoms with Crippen LogP contribution >= 0.6 is 0 Å². The van der Waals surface area contributed by atoms with E-state index in [1.807, 2.05) is 0 Å². The predicted molar refractivity (Wildman–Crippen MR) is 50.8 cm³/mol. The molecular formula is C10H14N2O. The summed E-state index contributed by atoms with van der Waals surface area (Å²) in [5.41, 5.74) is 4.95. The lowest BCUT2D eigenvalue weighted by Crippen LogP contribution is -2.00. The molecule has 1 aliphatic rings. The van der Waals surface area contributed by atoms with Crippen molar-refractivity contribution in [2.75, 3.05) is 7.11 Å². The van der Waals surface area contributed by atoms with E-state index >= 15 is 0 Å². The summed E-state index contributed by atoms with van der Waals surface area (Å²) in [6.07, 6.45) is 0. The average Bonchev–Trinajstić information content (AvgIpc) is 2.59. The number of ether oxygens (including phenoxy) is 1. The van der Waals surface area contributed by atoms with Crippen LogP contribution in [-0.2, 0) is 13.1 Å². The van der Waals surface area contributed by atoms with E-state index in [0.29, 0.717) is 0 Å². The number of pyridine rings is 1. The quantitative estimate of drug-likeness (QED) is 0.704. The smallest absolute Gasteiger partial charge is 0.216 e. The molecule has 0 radical (unpaired) electrons. The minimum Gasteiger partial charge on any atom is -0.481 e. The molecule has 0 atom stereocenters. The summed E-state index contributed by atoms with van der Waals surface area (Å²) in [6, 6.07) is 0. The van der Waals surface area contributed by atoms with Gasteiger partial charge in [-0.05, 0) is 25.0 Å². The maximum Gasteiger partial charge on any atom is 0.216 e. The third kappa shape index (κ3) is 1.20. The average molecular weight is 178 g/mol. The van der Waals surface area contributed by atoms with Gasteiger partial charge in [0.1, 0.15) is 0 Å². The Morgan fingerprint density at radius 1 is 1.23 bits per heavy atom. The van der Waals surface area contributed by atoms with Crippen LogP contribution in [0, 0.1) is 13.8 Å². The predicted octanol–water partition coefficient (Wildman–Crippen LogP) is 1.31. The molecule has 3 nitrogen and oxygen atoms in total. The third-order valence-electron chi connectivity index (χ3n) is 2.71. The molecule has 0 saturated heterocycles. The van der Waals surface area contributed by atoms with Crippen LogP contribution in [0.4, 0.5) is 0 Å². The molecule has 1 aromatic rings. The Morgan fingerprint density at radius 3 is 2.69 bits per heavy atom. The van der Waals surface area contributed by atoms with Gasteiger partial charge < -0.3 is 10.1 Å². The Labute approximate surface area is 78.1 Å². The van der Waals surface area contributed by atoms with E-state index in [-0.39, 0.29) is 0 Å². The molecule has 0 aromatic carbocycles. The van der Waals surface area contributed by atoms with Crippen LogP contribution in [0.3, 0.4) is 0 Å². The number of aromatic nitrogens is 1. The van der Waals surface area contributed by atoms with Gasteiger partial charge in [0.25, 0.3) is 0 Å². The summed E-state index contributed by atoms with van der Waals surface area (Å²) in [5.74, 6) is 0.764. The molecule has 13 heavy (non-hydrogen) atoms. The molecule has 1 aromatic heterocycles. The first kappa shape index (κ1) is 8.51. The Morgan fingerprint density at radius 2 is 2.00 bits per heavy atom. The van der Waals surface area contributed by atoms with E-state index in [1.165, 1.54) is 11.1 Å². The lowest BCUT2D eigenvalue weighted by molar-refractivity contribution is 0.392. The first-order valence-electron chi connectivity index (χ1n) is 4.47. The number of rotatable bonds is 1. The van der Waals surface area contributed by atoms with Crippen LogP contribution in [0.15, 0.2) is 0 Å². The lowest BCUT2D eigenvalue weighted by Gasteiger charge is -2.10. The second-order valence-electron chi connectivity index (χ2n) is 3.40. The van der Waals surface area contributed by atoms with E-state index in [1.54, 1.807) is 7.11 Å². The van der Waals surface area contributed by atoms with Crippen molar-refractivity contribution in [1.29, 1.82) is 0 Å². The topological polar surface area (TPSA) is 34.1 Å². The standard InChI is InChI=1S/C10H14N2O/c1-6-7(2)10(13-3)12-9-5-11-4-8(6)9/h11H,4-5H2,1-3H3. The minimum atomic E-state index is 0.764. The molecule has 1 N–H and O–H groups in total. The molecule has 0 aliphatic carbocycles. The van der Waals surface area contributed by atoms with Gasteiger partial charge in [-0.3, -0.25) is 0 Å². The Hall–Kier alpha value is -1.09. The van der Waals surface area contributed by atoms with Crippen molar-refractivity contribution in [1.82, 2.24) is 10.3 Å². The number of methoxy groups -OCH3 is 1. The van der Waals surface area contributed by atoms with Crippen LogP contribution in [0.25, 0.3) is 0 Å². The minimum absolute atomic E-state index is 0.764. The largest absolute Gasteiger partial charge is 0.481 e. The Balaban J connectivity index is 2.61. The fraction of sp³-hybridized carbons (Fsp3) is 0.500. The van der Waals surface area contributed by atoms with Crippen molar-refractivity contribution in [2.24, 2.45) is 0 Å². The van der Waals surface area contributed by atoms with Crippen LogP contribution in [0.5, 0.6) is 5.88 Å². The van der Waals surface area contributed by atoms with Crippen LogP contribution in [0.2, 0.25) is 0 Å². The van der Waals surface area contributed by atoms with E-state index in [0.717, 1.165) is 30.2 Å². The van der Waals surface area contributed by atoms with E-state index < -0.39 is 0 Å². The van der Waals surface area contributed by atoms with E-state index in [4.69, 9.17) is 4.74 Å². The lowest BCUT2D eigenvalue weighted by atomic mass is 10.0. The fourth-order valence-corrected chi connectivity index (χ4v) is 1.76. The molecule has 0 fully saturated rings. The Bertz CT molecular complexity index is 347. The molecule has 0 unspecified atom stereocenters. The maximum absolute atomic E-state index is 5.21. The molecule has 1 aliphatic heterocycles. The summed E-state index contributed by atoms with van der Waals surface area (Å²) in [7, 11) is 1.67. The van der Waals surface area contributed by atoms with Crippen molar-refractivity contribution in [2.45, 2.75) is 26.9 Å². The highest BCUT2D eigenvalue weighted by atomic mass is 16.5. The SMILES string of the molecule is COc1nc2c(c(C)c1C)CNC2. The van der Waals surface area contributed by atoms with Crippen LogP contribution < -0.4 is 10.1 Å². The highest BCUT2D eigenvalue weighted by molar-refractivity contribution is 5.43. The van der Waals surface area contributed by atoms with Gasteiger partial charge in [0.05, 0.1) is 12.8 Å². The molecule has 0 amide bonds. The van der Waals surface area contributed by atoms with Crippen molar-refractivity contribution in [3.63, 3.8) is 0 Å². The van der Waals surface area contributed by atoms with Gasteiger partial charge in [0.2, 0.25) is 5.88 Å². The highest BCUT2D eigenvalue weighted by Gasteiger charge is 2.18. The highest BCUT2D eigenvalue weighted by Crippen LogP contribution is 2.26. The zero-order chi connectivity index (χ0) is 9.42. The van der Waals surface area contributed by atoms with Crippen molar-refractivity contribution < 1.29 is 4.74 Å². The number of hydrogen-bond acceptors (Lipinski definition) is 3. The summed E-state index contributed by atoms with van der Waals surface area (Å²) in [5, 5.41) is 3.29. The molecule has 3 heteroatoms. The molecule has 70 valence electrons. The Kier molecular flexibility index (Phi) is 1.96. The van der Waals surface area contributed by atoms with Gasteiger partial charge >= 0.3 is 0 Å². The molecule has 0 bridgehead atoms. The summed E-state index contributed by atoms with van der Waals surface area (Å²) in [6.45, 7) is 6.00. The van der Waals surface area contributed by atoms with Gasteiger partial charge in [0, 0.05) is 18.7 Å². The van der Waals surface area contributed by atoms with Crippen LogP contribution in [-0.4, -0.2) is 12.1 Å². The van der Waals surface area contributed by atoms with Crippen molar-refractivity contribution >= 4 is 0 Å². The molecule has 2 heterocycles. The van der Waals surface area contributed by atoms with Gasteiger partial charge in [-0.25, -0.2) is 4.98 Å². The fourth-order valence-electron chi connectivity index (χ4n) is 1.76. The van der Waals surface area contributed by atoms with Gasteiger partial charge in [-0.15, -0.1) is 0 Å². The maximum atomic E-state index is 5.21. The van der Waals surface area contributed by atoms with Crippen molar-refractivity contribution in [3.05, 3.63) is 22.4 Å². The van der Waals surface area contributed by atoms with Crippen molar-refractivity contribution in [3.8, 4) is 5.88 Å². The summed E-state index contributed by atoms with van der Waals surface area (Å²) < 4.78 is 5.21. The second kappa shape index (κ2) is 3.00. The first-order valence-corrected chi connectivity index (χ1v) is 4.47. The zero-order valence-corrected chi connectivity index (χ0v) is 8.27. The summed E-state index contributed by atoms with van der Waals surface area (Å²) in [4.78, 5) is 4.45. The van der Waals surface area contributed by atoms with Gasteiger partial charge in [-0.2, -0.15) is 0 Å². The number of fused-ring (bicyclic) bond motifs is 1. The van der Waals surface area contributed by atoms with Crippen LogP contribution in [0.1, 0.15) is 22.4 Å². The number of hydrogen-bond donors (Lipinski definition) is 1.